The summed E-state index contributed by atoms with van der Waals surface area (Å²) < 4.78 is 0. The summed E-state index contributed by atoms with van der Waals surface area (Å²) in [5, 5.41) is 4.89. The van der Waals surface area contributed by atoms with Gasteiger partial charge in [0.25, 0.3) is 0 Å². The van der Waals surface area contributed by atoms with E-state index >= 15 is 0 Å². The van der Waals surface area contributed by atoms with Crippen LogP contribution in [0.5, 0.6) is 0 Å². The summed E-state index contributed by atoms with van der Waals surface area (Å²) in [6.45, 7) is 0. The molecule has 0 radical (unpaired) electrons. The van der Waals surface area contributed by atoms with Crippen LogP contribution in [0.15, 0.2) is 243 Å². The fourth-order valence-corrected chi connectivity index (χ4v) is 11.1. The molecule has 0 bridgehead atoms. The lowest BCUT2D eigenvalue weighted by molar-refractivity contribution is 0.752. The third-order valence-corrected chi connectivity index (χ3v) is 13.7. The molecular formula is C62H40N2. The van der Waals surface area contributed by atoms with Gasteiger partial charge < -0.3 is 4.90 Å². The minimum absolute atomic E-state index is 0.491. The lowest BCUT2D eigenvalue weighted by Crippen LogP contribution is -2.36. The molecule has 10 aromatic carbocycles. The van der Waals surface area contributed by atoms with E-state index in [-0.39, 0.29) is 0 Å². The van der Waals surface area contributed by atoms with Crippen LogP contribution in [0, 0.1) is 0 Å². The second-order valence-corrected chi connectivity index (χ2v) is 17.0. The first-order valence-electron chi connectivity index (χ1n) is 22.1. The molecule has 0 atom stereocenters. The summed E-state index contributed by atoms with van der Waals surface area (Å²) >= 11 is 0. The Balaban J connectivity index is 0.970. The summed E-state index contributed by atoms with van der Waals surface area (Å²) in [4.78, 5) is 7.71. The Labute approximate surface area is 373 Å². The van der Waals surface area contributed by atoms with Gasteiger partial charge in [-0.2, -0.15) is 0 Å². The fraction of sp³-hybridized carbons (Fsp3) is 0.0161. The summed E-state index contributed by atoms with van der Waals surface area (Å²) in [5.41, 5.74) is 20.0. The van der Waals surface area contributed by atoms with Crippen LogP contribution in [0.2, 0.25) is 0 Å². The number of para-hydroxylation sites is 3. The minimum Gasteiger partial charge on any atom is -0.310 e. The van der Waals surface area contributed by atoms with E-state index < -0.39 is 5.41 Å². The molecule has 64 heavy (non-hydrogen) atoms. The van der Waals surface area contributed by atoms with E-state index in [4.69, 9.17) is 4.98 Å². The zero-order valence-electron chi connectivity index (χ0n) is 35.0. The van der Waals surface area contributed by atoms with Crippen LogP contribution in [-0.2, 0) is 5.41 Å². The molecule has 2 heteroatoms. The SMILES string of the molecule is c1ccc(-c2ccc3c(-c4ccc(-c5ccc6c(c5)-c5ccccc5C65c6ccccc6N(c6ccccc6)c6ccccc65)nc4)c4ccccc4c(-c4ccccc4)c3c2)cc1. The lowest BCUT2D eigenvalue weighted by atomic mass is 9.64. The van der Waals surface area contributed by atoms with Crippen molar-refractivity contribution >= 4 is 38.6 Å². The van der Waals surface area contributed by atoms with Crippen molar-refractivity contribution in [2.45, 2.75) is 5.41 Å². The Morgan fingerprint density at radius 2 is 0.828 bits per heavy atom. The maximum Gasteiger partial charge on any atom is 0.0754 e. The monoisotopic (exact) mass is 812 g/mol. The van der Waals surface area contributed by atoms with Crippen LogP contribution >= 0.6 is 0 Å². The molecule has 2 heterocycles. The Kier molecular flexibility index (Phi) is 8.16. The lowest BCUT2D eigenvalue weighted by Gasteiger charge is -2.45. The molecule has 2 aliphatic rings. The van der Waals surface area contributed by atoms with Crippen molar-refractivity contribution in [3.8, 4) is 55.8 Å². The molecule has 13 rings (SSSR count). The van der Waals surface area contributed by atoms with Gasteiger partial charge in [-0.15, -0.1) is 0 Å². The highest BCUT2D eigenvalue weighted by Gasteiger charge is 2.51. The number of hydrogen-bond acceptors (Lipinski definition) is 2. The van der Waals surface area contributed by atoms with Crippen molar-refractivity contribution in [1.29, 1.82) is 0 Å². The van der Waals surface area contributed by atoms with E-state index in [9.17, 15) is 0 Å². The third-order valence-electron chi connectivity index (χ3n) is 13.7. The number of rotatable bonds is 5. The van der Waals surface area contributed by atoms with Gasteiger partial charge in [-0.1, -0.05) is 194 Å². The van der Waals surface area contributed by atoms with Crippen molar-refractivity contribution in [2.24, 2.45) is 0 Å². The number of anilines is 3. The molecule has 0 amide bonds. The Morgan fingerprint density at radius 3 is 1.50 bits per heavy atom. The number of pyridine rings is 1. The van der Waals surface area contributed by atoms with Crippen molar-refractivity contribution in [3.05, 3.63) is 265 Å². The molecule has 1 aliphatic heterocycles. The van der Waals surface area contributed by atoms with Gasteiger partial charge in [-0.3, -0.25) is 4.98 Å². The molecule has 1 aromatic heterocycles. The summed E-state index contributed by atoms with van der Waals surface area (Å²) in [6, 6.07) is 86.6. The maximum absolute atomic E-state index is 5.28. The second-order valence-electron chi connectivity index (χ2n) is 17.0. The van der Waals surface area contributed by atoms with Crippen molar-refractivity contribution in [2.75, 3.05) is 4.90 Å². The zero-order chi connectivity index (χ0) is 42.2. The van der Waals surface area contributed by atoms with Crippen LogP contribution < -0.4 is 4.90 Å². The molecule has 11 aromatic rings. The fourth-order valence-electron chi connectivity index (χ4n) is 11.1. The van der Waals surface area contributed by atoms with Gasteiger partial charge in [0, 0.05) is 23.0 Å². The zero-order valence-corrected chi connectivity index (χ0v) is 35.0. The average molecular weight is 813 g/mol. The molecule has 0 N–H and O–H groups in total. The van der Waals surface area contributed by atoms with Gasteiger partial charge in [0.2, 0.25) is 0 Å². The van der Waals surface area contributed by atoms with Crippen LogP contribution in [-0.4, -0.2) is 4.98 Å². The van der Waals surface area contributed by atoms with Gasteiger partial charge in [0.05, 0.1) is 22.5 Å². The molecule has 298 valence electrons. The number of nitrogens with zero attached hydrogens (tertiary/aromatic N) is 2. The van der Waals surface area contributed by atoms with Crippen molar-refractivity contribution < 1.29 is 0 Å². The first-order chi connectivity index (χ1) is 31.8. The Morgan fingerprint density at radius 1 is 0.312 bits per heavy atom. The normalized spacial score (nSPS) is 13.1. The standard InChI is InChI=1S/C62H40N2/c1-4-18-41(19-5-1)43-32-35-50-52(38-43)60(42-20-6-2-7-21-42)48-25-10-11-26-49(48)61(50)45-34-37-57(63-40-45)44-33-36-54-51(39-44)47-24-12-13-27-53(47)62(54)55-28-14-16-30-58(55)64(46-22-8-3-9-23-46)59-31-17-15-29-56(59)62/h1-40H. The van der Waals surface area contributed by atoms with Crippen molar-refractivity contribution in [1.82, 2.24) is 4.98 Å². The molecule has 0 saturated heterocycles. The highest BCUT2D eigenvalue weighted by Crippen LogP contribution is 2.63. The molecule has 2 nitrogen and oxygen atoms in total. The molecule has 0 saturated carbocycles. The number of fused-ring (bicyclic) bond motifs is 11. The average Bonchev–Trinajstić information content (AvgIpc) is 3.66. The van der Waals surface area contributed by atoms with E-state index in [1.54, 1.807) is 0 Å². The number of aromatic nitrogens is 1. The largest absolute Gasteiger partial charge is 0.310 e. The van der Waals surface area contributed by atoms with E-state index in [0.29, 0.717) is 0 Å². The predicted molar refractivity (Wildman–Crippen MR) is 267 cm³/mol. The van der Waals surface area contributed by atoms with Crippen LogP contribution in [0.25, 0.3) is 77.3 Å². The van der Waals surface area contributed by atoms with Crippen molar-refractivity contribution in [3.63, 3.8) is 0 Å². The van der Waals surface area contributed by atoms with Gasteiger partial charge in [-0.25, -0.2) is 0 Å². The molecular weight excluding hydrogens is 773 g/mol. The van der Waals surface area contributed by atoms with E-state index in [1.807, 2.05) is 0 Å². The first-order valence-corrected chi connectivity index (χ1v) is 22.1. The van der Waals surface area contributed by atoms with Gasteiger partial charge in [0.1, 0.15) is 0 Å². The van der Waals surface area contributed by atoms with Crippen LogP contribution in [0.3, 0.4) is 0 Å². The van der Waals surface area contributed by atoms with Crippen LogP contribution in [0.4, 0.5) is 17.1 Å². The Bertz CT molecular complexity index is 3550. The summed E-state index contributed by atoms with van der Waals surface area (Å²) in [5.74, 6) is 0. The third kappa shape index (κ3) is 5.30. The smallest absolute Gasteiger partial charge is 0.0754 e. The summed E-state index contributed by atoms with van der Waals surface area (Å²) in [7, 11) is 0. The molecule has 1 aliphatic carbocycles. The number of benzene rings is 10. The number of hydrogen-bond donors (Lipinski definition) is 0. The first kappa shape index (κ1) is 36.3. The predicted octanol–water partition coefficient (Wildman–Crippen LogP) is 16.2. The van der Waals surface area contributed by atoms with Gasteiger partial charge >= 0.3 is 0 Å². The molecule has 1 spiro atoms. The van der Waals surface area contributed by atoms with Gasteiger partial charge in [-0.05, 0) is 125 Å². The topological polar surface area (TPSA) is 16.1 Å². The highest BCUT2D eigenvalue weighted by molar-refractivity contribution is 6.22. The Hall–Kier alpha value is -8.33. The summed E-state index contributed by atoms with van der Waals surface area (Å²) in [6.07, 6.45) is 2.08. The van der Waals surface area contributed by atoms with Crippen LogP contribution in [0.1, 0.15) is 22.3 Å². The molecule has 0 fully saturated rings. The second kappa shape index (κ2) is 14.4. The quantitative estimate of drug-likeness (QED) is 0.161. The minimum atomic E-state index is -0.491. The van der Waals surface area contributed by atoms with Gasteiger partial charge in [0.15, 0.2) is 0 Å². The highest BCUT2D eigenvalue weighted by atomic mass is 15.2. The van der Waals surface area contributed by atoms with E-state index in [2.05, 4.69) is 248 Å². The van der Waals surface area contributed by atoms with E-state index in [1.165, 1.54) is 94.1 Å². The molecule has 0 unspecified atom stereocenters. The van der Waals surface area contributed by atoms with E-state index in [0.717, 1.165) is 22.5 Å². The maximum atomic E-state index is 5.28.